The van der Waals surface area contributed by atoms with E-state index in [1.165, 1.54) is 0 Å². The van der Waals surface area contributed by atoms with E-state index in [-0.39, 0.29) is 0 Å². The van der Waals surface area contributed by atoms with Crippen LogP contribution in [-0.4, -0.2) is 22.9 Å². The Morgan fingerprint density at radius 2 is 2.09 bits per heavy atom. The highest BCUT2D eigenvalue weighted by Crippen LogP contribution is 1.86. The summed E-state index contributed by atoms with van der Waals surface area (Å²) in [5, 5.41) is 9.57. The van der Waals surface area contributed by atoms with Crippen LogP contribution in [0.25, 0.3) is 0 Å². The lowest BCUT2D eigenvalue weighted by Crippen LogP contribution is -2.24. The minimum Gasteiger partial charge on any atom is -0.281 e. The lowest BCUT2D eigenvalue weighted by Gasteiger charge is -1.92. The van der Waals surface area contributed by atoms with Gasteiger partial charge >= 0.3 is 11.9 Å². The Balaban J connectivity index is 3.84. The maximum absolute atomic E-state index is 10.1. The maximum Gasteiger partial charge on any atom is 0.557 e. The standard InChI is InChI=1S/C3H2ClNO6/c4-1-10-11-3(7)2(6)5(8)9/h1H2. The van der Waals surface area contributed by atoms with E-state index < -0.39 is 22.9 Å². The fourth-order valence-electron chi connectivity index (χ4n) is 0.186. The van der Waals surface area contributed by atoms with Gasteiger partial charge in [-0.05, 0) is 0 Å². The number of carbonyl (C=O) groups is 2. The second kappa shape index (κ2) is 4.58. The molecule has 0 saturated carbocycles. The molecular weight excluding hydrogens is 181 g/mol. The molecule has 0 spiro atoms. The predicted octanol–water partition coefficient (Wildman–Crippen LogP) is -0.539. The SMILES string of the molecule is O=C(OOCCl)C(=O)[N+](=O)[O-]. The summed E-state index contributed by atoms with van der Waals surface area (Å²) in [6, 6.07) is -0.503. The minimum absolute atomic E-state index is 0.503. The third-order valence-corrected chi connectivity index (χ3v) is 0.609. The first-order chi connectivity index (χ1) is 5.09. The Hall–Kier alpha value is -1.21. The van der Waals surface area contributed by atoms with E-state index in [0.717, 1.165) is 0 Å². The Morgan fingerprint density at radius 3 is 2.45 bits per heavy atom. The number of rotatable bonds is 2. The van der Waals surface area contributed by atoms with Gasteiger partial charge in [-0.3, -0.25) is 15.0 Å². The molecule has 0 aromatic rings. The quantitative estimate of drug-likeness (QED) is 0.188. The Labute approximate surface area is 64.9 Å². The summed E-state index contributed by atoms with van der Waals surface area (Å²) in [6.07, 6.45) is 0. The Morgan fingerprint density at radius 1 is 1.55 bits per heavy atom. The third kappa shape index (κ3) is 3.48. The highest BCUT2D eigenvalue weighted by Gasteiger charge is 2.29. The summed E-state index contributed by atoms with van der Waals surface area (Å²) in [4.78, 5) is 35.6. The van der Waals surface area contributed by atoms with Crippen molar-refractivity contribution in [3.8, 4) is 0 Å². The molecule has 62 valence electrons. The molecule has 7 nitrogen and oxygen atoms in total. The van der Waals surface area contributed by atoms with Gasteiger partial charge in [0.1, 0.15) is 4.92 Å². The van der Waals surface area contributed by atoms with Crippen LogP contribution in [0.15, 0.2) is 0 Å². The largest absolute Gasteiger partial charge is 0.557 e. The van der Waals surface area contributed by atoms with Gasteiger partial charge in [0.15, 0.2) is 6.07 Å². The molecule has 0 atom stereocenters. The molecule has 0 heterocycles. The van der Waals surface area contributed by atoms with Crippen molar-refractivity contribution >= 4 is 23.5 Å². The van der Waals surface area contributed by atoms with Crippen molar-refractivity contribution in [2.24, 2.45) is 0 Å². The molecule has 0 aliphatic carbocycles. The van der Waals surface area contributed by atoms with Crippen molar-refractivity contribution in [1.29, 1.82) is 0 Å². The van der Waals surface area contributed by atoms with Crippen LogP contribution in [0.3, 0.4) is 0 Å². The number of carbonyl (C=O) groups excluding carboxylic acids is 2. The van der Waals surface area contributed by atoms with Gasteiger partial charge in [-0.2, -0.15) is 4.89 Å². The van der Waals surface area contributed by atoms with E-state index in [9.17, 15) is 19.7 Å². The van der Waals surface area contributed by atoms with Crippen LogP contribution in [0.1, 0.15) is 0 Å². The lowest BCUT2D eigenvalue weighted by atomic mass is 10.7. The molecule has 0 rings (SSSR count). The van der Waals surface area contributed by atoms with Gasteiger partial charge < -0.3 is 0 Å². The number of hydrogen-bond acceptors (Lipinski definition) is 6. The molecule has 0 bridgehead atoms. The molecule has 0 aliphatic heterocycles. The van der Waals surface area contributed by atoms with Crippen LogP contribution in [-0.2, 0) is 19.4 Å². The average molecular weight is 184 g/mol. The van der Waals surface area contributed by atoms with Crippen LogP contribution in [0, 0.1) is 10.1 Å². The van der Waals surface area contributed by atoms with E-state index in [4.69, 9.17) is 11.6 Å². The van der Waals surface area contributed by atoms with Gasteiger partial charge in [0.05, 0.1) is 0 Å². The molecule has 0 radical (unpaired) electrons. The number of halogens is 1. The molecule has 0 saturated heterocycles. The first kappa shape index (κ1) is 9.79. The predicted molar refractivity (Wildman–Crippen MR) is 29.9 cm³/mol. The highest BCUT2D eigenvalue weighted by molar-refractivity contribution is 6.28. The first-order valence-electron chi connectivity index (χ1n) is 2.17. The number of alkyl halides is 1. The molecule has 1 amide bonds. The van der Waals surface area contributed by atoms with Crippen molar-refractivity contribution in [1.82, 2.24) is 0 Å². The molecular formula is C3H2ClNO6. The Bertz CT molecular complexity index is 190. The van der Waals surface area contributed by atoms with E-state index in [0.29, 0.717) is 0 Å². The van der Waals surface area contributed by atoms with Gasteiger partial charge in [0.2, 0.25) is 0 Å². The number of hydrogen-bond donors (Lipinski definition) is 0. The topological polar surface area (TPSA) is 95.7 Å². The number of nitrogens with zero attached hydrogens (tertiary/aromatic N) is 1. The zero-order valence-corrected chi connectivity index (χ0v) is 5.74. The van der Waals surface area contributed by atoms with Crippen molar-refractivity contribution in [2.75, 3.05) is 6.07 Å². The van der Waals surface area contributed by atoms with Gasteiger partial charge in [0.25, 0.3) is 0 Å². The van der Waals surface area contributed by atoms with Gasteiger partial charge in [-0.25, -0.2) is 9.59 Å². The van der Waals surface area contributed by atoms with Crippen LogP contribution in [0.2, 0.25) is 0 Å². The molecule has 0 fully saturated rings. The van der Waals surface area contributed by atoms with E-state index in [1.807, 2.05) is 0 Å². The second-order valence-corrected chi connectivity index (χ2v) is 1.38. The summed E-state index contributed by atoms with van der Waals surface area (Å²) < 4.78 is 0. The third-order valence-electron chi connectivity index (χ3n) is 0.520. The molecule has 0 aromatic carbocycles. The van der Waals surface area contributed by atoms with Crippen molar-refractivity contribution in [3.63, 3.8) is 0 Å². The molecule has 0 N–H and O–H groups in total. The zero-order valence-electron chi connectivity index (χ0n) is 4.98. The van der Waals surface area contributed by atoms with Gasteiger partial charge in [-0.1, -0.05) is 11.6 Å². The average Bonchev–Trinajstić information content (AvgIpc) is 1.98. The molecule has 11 heavy (non-hydrogen) atoms. The lowest BCUT2D eigenvalue weighted by molar-refractivity contribution is -0.402. The zero-order chi connectivity index (χ0) is 8.85. The molecule has 0 aromatic heterocycles. The van der Waals surface area contributed by atoms with Crippen molar-refractivity contribution in [3.05, 3.63) is 10.1 Å². The molecule has 0 aliphatic rings. The number of amides is 1. The van der Waals surface area contributed by atoms with Crippen LogP contribution in [0.4, 0.5) is 0 Å². The fourth-order valence-corrected chi connectivity index (χ4v) is 0.231. The normalized spacial score (nSPS) is 8.82. The Kier molecular flexibility index (Phi) is 4.08. The van der Waals surface area contributed by atoms with Crippen LogP contribution < -0.4 is 0 Å². The monoisotopic (exact) mass is 183 g/mol. The summed E-state index contributed by atoms with van der Waals surface area (Å²) >= 11 is 4.85. The number of nitro groups is 1. The second-order valence-electron chi connectivity index (χ2n) is 1.16. The smallest absolute Gasteiger partial charge is 0.281 e. The van der Waals surface area contributed by atoms with E-state index in [2.05, 4.69) is 9.78 Å². The van der Waals surface area contributed by atoms with E-state index >= 15 is 0 Å². The first-order valence-corrected chi connectivity index (χ1v) is 2.71. The molecule has 8 heteroatoms. The summed E-state index contributed by atoms with van der Waals surface area (Å²) in [5.74, 6) is -3.62. The van der Waals surface area contributed by atoms with E-state index in [1.54, 1.807) is 0 Å². The summed E-state index contributed by atoms with van der Waals surface area (Å²) in [6.45, 7) is 0. The maximum atomic E-state index is 10.1. The van der Waals surface area contributed by atoms with Gasteiger partial charge in [-0.15, -0.1) is 0 Å². The molecule has 0 unspecified atom stereocenters. The fraction of sp³-hybridized carbons (Fsp3) is 0.333. The minimum atomic E-state index is -1.91. The van der Waals surface area contributed by atoms with Gasteiger partial charge in [0, 0.05) is 0 Å². The van der Waals surface area contributed by atoms with Crippen molar-refractivity contribution < 1.29 is 24.3 Å². The van der Waals surface area contributed by atoms with Crippen LogP contribution >= 0.6 is 11.6 Å². The van der Waals surface area contributed by atoms with Crippen LogP contribution in [0.5, 0.6) is 0 Å². The summed E-state index contributed by atoms with van der Waals surface area (Å²) in [7, 11) is 0. The highest BCUT2D eigenvalue weighted by atomic mass is 35.5. The van der Waals surface area contributed by atoms with Crippen molar-refractivity contribution in [2.45, 2.75) is 0 Å². The summed E-state index contributed by atoms with van der Waals surface area (Å²) in [5.41, 5.74) is 0.